The van der Waals surface area contributed by atoms with Crippen molar-refractivity contribution in [2.24, 2.45) is 5.92 Å². The van der Waals surface area contributed by atoms with Gasteiger partial charge in [0.2, 0.25) is 0 Å². The second kappa shape index (κ2) is 6.38. The number of benzene rings is 1. The zero-order valence-corrected chi connectivity index (χ0v) is 10.3. The highest BCUT2D eigenvalue weighted by atomic mass is 16.5. The minimum atomic E-state index is 0.0480. The fourth-order valence-electron chi connectivity index (χ4n) is 1.40. The minimum absolute atomic E-state index is 0.0480. The largest absolute Gasteiger partial charge is 0.491 e. The molecule has 1 aromatic rings. The monoisotopic (exact) mass is 223 g/mol. The number of ether oxygens (including phenoxy) is 1. The molecule has 0 atom stereocenters. The molecule has 1 aromatic carbocycles. The second-order valence-electron chi connectivity index (χ2n) is 4.32. The van der Waals surface area contributed by atoms with Crippen molar-refractivity contribution in [1.82, 2.24) is 0 Å². The molecule has 0 aliphatic heterocycles. The fraction of sp³-hybridized carbons (Fsp3) is 0.538. The first-order valence-electron chi connectivity index (χ1n) is 5.71. The first-order chi connectivity index (χ1) is 7.63. The van der Waals surface area contributed by atoms with E-state index in [9.17, 15) is 0 Å². The summed E-state index contributed by atoms with van der Waals surface area (Å²) in [5, 5.41) is 12.1. The zero-order chi connectivity index (χ0) is 12.0. The number of aliphatic hydroxyl groups excluding tert-OH is 1. The van der Waals surface area contributed by atoms with E-state index in [-0.39, 0.29) is 6.61 Å². The Labute approximate surface area is 97.4 Å². The van der Waals surface area contributed by atoms with Crippen LogP contribution in [0.2, 0.25) is 0 Å². The normalized spacial score (nSPS) is 10.6. The molecule has 1 rings (SSSR count). The summed E-state index contributed by atoms with van der Waals surface area (Å²) in [5.74, 6) is 1.44. The highest BCUT2D eigenvalue weighted by molar-refractivity contribution is 5.53. The van der Waals surface area contributed by atoms with E-state index < -0.39 is 0 Å². The predicted octanol–water partition coefficient (Wildman–Crippen LogP) is 2.43. The quantitative estimate of drug-likeness (QED) is 0.778. The van der Waals surface area contributed by atoms with Crippen molar-refractivity contribution in [1.29, 1.82) is 0 Å². The van der Waals surface area contributed by atoms with Gasteiger partial charge in [0.1, 0.15) is 12.4 Å². The molecule has 0 spiro atoms. The molecule has 2 N–H and O–H groups in total. The van der Waals surface area contributed by atoms with Gasteiger partial charge in [-0.05, 0) is 36.6 Å². The summed E-state index contributed by atoms with van der Waals surface area (Å²) in [7, 11) is 0. The van der Waals surface area contributed by atoms with Crippen LogP contribution in [0.15, 0.2) is 18.2 Å². The Morgan fingerprint density at radius 3 is 2.69 bits per heavy atom. The van der Waals surface area contributed by atoms with Crippen molar-refractivity contribution in [3.05, 3.63) is 23.8 Å². The number of aliphatic hydroxyl groups is 1. The molecule has 0 aromatic heterocycles. The van der Waals surface area contributed by atoms with Gasteiger partial charge in [-0.3, -0.25) is 0 Å². The lowest BCUT2D eigenvalue weighted by Crippen LogP contribution is -2.09. The molecule has 0 unspecified atom stereocenters. The van der Waals surface area contributed by atoms with Crippen LogP contribution in [0.1, 0.15) is 19.4 Å². The number of aryl methyl sites for hydroxylation is 1. The zero-order valence-electron chi connectivity index (χ0n) is 10.3. The van der Waals surface area contributed by atoms with Gasteiger partial charge in [0.15, 0.2) is 0 Å². The van der Waals surface area contributed by atoms with E-state index >= 15 is 0 Å². The number of nitrogens with one attached hydrogen (secondary N) is 1. The Balaban J connectivity index is 2.60. The van der Waals surface area contributed by atoms with Gasteiger partial charge >= 0.3 is 0 Å². The van der Waals surface area contributed by atoms with Gasteiger partial charge in [-0.15, -0.1) is 0 Å². The molecule has 0 aliphatic rings. The molecule has 0 heterocycles. The van der Waals surface area contributed by atoms with E-state index in [1.54, 1.807) is 0 Å². The van der Waals surface area contributed by atoms with E-state index in [1.807, 2.05) is 18.2 Å². The Morgan fingerprint density at radius 1 is 1.38 bits per heavy atom. The summed E-state index contributed by atoms with van der Waals surface area (Å²) in [6.07, 6.45) is 0. The molecule has 0 fully saturated rings. The summed E-state index contributed by atoms with van der Waals surface area (Å²) in [6.45, 7) is 7.78. The van der Waals surface area contributed by atoms with Crippen molar-refractivity contribution < 1.29 is 9.84 Å². The van der Waals surface area contributed by atoms with Gasteiger partial charge < -0.3 is 15.2 Å². The molecule has 0 saturated heterocycles. The predicted molar refractivity (Wildman–Crippen MR) is 67.1 cm³/mol. The van der Waals surface area contributed by atoms with Gasteiger partial charge in [-0.25, -0.2) is 0 Å². The summed E-state index contributed by atoms with van der Waals surface area (Å²) in [6, 6.07) is 5.92. The van der Waals surface area contributed by atoms with Gasteiger partial charge in [0.05, 0.1) is 6.61 Å². The summed E-state index contributed by atoms with van der Waals surface area (Å²) in [5.41, 5.74) is 2.31. The molecule has 90 valence electrons. The van der Waals surface area contributed by atoms with Crippen LogP contribution in [0.25, 0.3) is 0 Å². The van der Waals surface area contributed by atoms with E-state index in [4.69, 9.17) is 9.84 Å². The van der Waals surface area contributed by atoms with Crippen LogP contribution in [-0.2, 0) is 0 Å². The van der Waals surface area contributed by atoms with E-state index in [0.29, 0.717) is 12.5 Å². The number of anilines is 1. The Bertz CT molecular complexity index is 324. The third kappa shape index (κ3) is 4.11. The topological polar surface area (TPSA) is 41.5 Å². The molecule has 0 saturated carbocycles. The highest BCUT2D eigenvalue weighted by Crippen LogP contribution is 2.21. The van der Waals surface area contributed by atoms with E-state index in [2.05, 4.69) is 26.1 Å². The van der Waals surface area contributed by atoms with Crippen molar-refractivity contribution in [2.45, 2.75) is 20.8 Å². The van der Waals surface area contributed by atoms with Crippen LogP contribution in [0.5, 0.6) is 5.75 Å². The number of hydrogen-bond donors (Lipinski definition) is 2. The van der Waals surface area contributed by atoms with Crippen LogP contribution in [0.3, 0.4) is 0 Å². The van der Waals surface area contributed by atoms with Crippen LogP contribution in [0.4, 0.5) is 5.69 Å². The Hall–Kier alpha value is -1.22. The average Bonchev–Trinajstić information content (AvgIpc) is 2.24. The molecule has 0 aliphatic carbocycles. The third-order valence-electron chi connectivity index (χ3n) is 2.26. The van der Waals surface area contributed by atoms with Crippen LogP contribution in [-0.4, -0.2) is 24.9 Å². The van der Waals surface area contributed by atoms with Crippen molar-refractivity contribution >= 4 is 5.69 Å². The van der Waals surface area contributed by atoms with Crippen LogP contribution < -0.4 is 10.1 Å². The average molecular weight is 223 g/mol. The van der Waals surface area contributed by atoms with Gasteiger partial charge in [0.25, 0.3) is 0 Å². The highest BCUT2D eigenvalue weighted by Gasteiger charge is 2.01. The lowest BCUT2D eigenvalue weighted by Gasteiger charge is -2.13. The summed E-state index contributed by atoms with van der Waals surface area (Å²) in [4.78, 5) is 0. The fourth-order valence-corrected chi connectivity index (χ4v) is 1.40. The maximum Gasteiger partial charge on any atom is 0.119 e. The van der Waals surface area contributed by atoms with Gasteiger partial charge in [0, 0.05) is 12.2 Å². The molecule has 0 bridgehead atoms. The number of hydrogen-bond acceptors (Lipinski definition) is 3. The first-order valence-corrected chi connectivity index (χ1v) is 5.71. The summed E-state index contributed by atoms with van der Waals surface area (Å²) < 4.78 is 5.34. The van der Waals surface area contributed by atoms with E-state index in [0.717, 1.165) is 23.5 Å². The molecular weight excluding hydrogens is 202 g/mol. The molecule has 0 radical (unpaired) electrons. The maximum atomic E-state index is 8.66. The smallest absolute Gasteiger partial charge is 0.119 e. The number of rotatable bonds is 6. The second-order valence-corrected chi connectivity index (χ2v) is 4.32. The van der Waals surface area contributed by atoms with Gasteiger partial charge in [-0.1, -0.05) is 13.8 Å². The Kier molecular flexibility index (Phi) is 5.12. The molecule has 3 nitrogen and oxygen atoms in total. The van der Waals surface area contributed by atoms with Crippen molar-refractivity contribution in [3.63, 3.8) is 0 Å². The minimum Gasteiger partial charge on any atom is -0.491 e. The van der Waals surface area contributed by atoms with Crippen LogP contribution >= 0.6 is 0 Å². The molecule has 16 heavy (non-hydrogen) atoms. The Morgan fingerprint density at radius 2 is 2.12 bits per heavy atom. The summed E-state index contributed by atoms with van der Waals surface area (Å²) >= 11 is 0. The lowest BCUT2D eigenvalue weighted by molar-refractivity contribution is 0.201. The maximum absolute atomic E-state index is 8.66. The first kappa shape index (κ1) is 12.8. The van der Waals surface area contributed by atoms with Gasteiger partial charge in [-0.2, -0.15) is 0 Å². The van der Waals surface area contributed by atoms with Crippen molar-refractivity contribution in [3.8, 4) is 5.75 Å². The van der Waals surface area contributed by atoms with Crippen molar-refractivity contribution in [2.75, 3.05) is 25.1 Å². The molecule has 3 heteroatoms. The third-order valence-corrected chi connectivity index (χ3v) is 2.26. The lowest BCUT2D eigenvalue weighted by atomic mass is 10.1. The standard InChI is InChI=1S/C13H21NO2/c1-10(2)9-14-13-5-4-12(8-11(13)3)16-7-6-15/h4-5,8,10,14-15H,6-7,9H2,1-3H3. The van der Waals surface area contributed by atoms with Crippen LogP contribution in [0, 0.1) is 12.8 Å². The SMILES string of the molecule is Cc1cc(OCCO)ccc1NCC(C)C. The molecular formula is C13H21NO2. The van der Waals surface area contributed by atoms with E-state index in [1.165, 1.54) is 0 Å². The molecule has 0 amide bonds.